The van der Waals surface area contributed by atoms with E-state index in [1.54, 1.807) is 6.07 Å². The molecule has 0 spiro atoms. The molecule has 8 nitrogen and oxygen atoms in total. The molecule has 150 valence electrons. The molecule has 3 aromatic rings. The lowest BCUT2D eigenvalue weighted by Crippen LogP contribution is -2.36. The summed E-state index contributed by atoms with van der Waals surface area (Å²) in [7, 11) is 0. The van der Waals surface area contributed by atoms with Gasteiger partial charge < -0.3 is 5.32 Å². The Morgan fingerprint density at radius 3 is 2.37 bits per heavy atom. The van der Waals surface area contributed by atoms with Crippen LogP contribution < -0.4 is 10.9 Å². The second kappa shape index (κ2) is 9.30. The molecule has 0 bridgehead atoms. The minimum absolute atomic E-state index is 0.356. The van der Waals surface area contributed by atoms with Gasteiger partial charge >= 0.3 is 0 Å². The van der Waals surface area contributed by atoms with Gasteiger partial charge in [0.15, 0.2) is 0 Å². The Hall–Kier alpha value is -4.25. The second-order valence-corrected chi connectivity index (χ2v) is 6.63. The Kier molecular flexibility index (Phi) is 6.35. The Bertz CT molecular complexity index is 1150. The van der Waals surface area contributed by atoms with Crippen LogP contribution in [-0.4, -0.2) is 15.4 Å². The number of pyridine rings is 1. The highest BCUT2D eigenvalue weighted by Gasteiger charge is 2.19. The Labute approximate surface area is 172 Å². The van der Waals surface area contributed by atoms with Crippen LogP contribution in [0.25, 0.3) is 0 Å². The summed E-state index contributed by atoms with van der Waals surface area (Å²) in [5.74, 6) is -0.494. The average molecular weight is 402 g/mol. The van der Waals surface area contributed by atoms with Crippen molar-refractivity contribution in [2.24, 2.45) is 0 Å². The zero-order valence-corrected chi connectivity index (χ0v) is 15.9. The number of carbonyl (C=O) groups excluding carboxylic acids is 1. The molecule has 0 fully saturated rings. The minimum Gasteiger partial charge on any atom is -0.347 e. The minimum atomic E-state index is -0.752. The summed E-state index contributed by atoms with van der Waals surface area (Å²) in [4.78, 5) is 35.3. The summed E-state index contributed by atoms with van der Waals surface area (Å²) in [6.07, 6.45) is 1.50. The first-order valence-corrected chi connectivity index (χ1v) is 9.15. The number of aromatic nitrogens is 1. The first-order chi connectivity index (χ1) is 14.5. The summed E-state index contributed by atoms with van der Waals surface area (Å²) in [6, 6.07) is 21.2. The first kappa shape index (κ1) is 20.5. The number of nitrogens with one attached hydrogen (secondary N) is 1. The quantitative estimate of drug-likeness (QED) is 0.481. The fourth-order valence-corrected chi connectivity index (χ4v) is 3.10. The first-order valence-electron chi connectivity index (χ1n) is 9.15. The zero-order chi connectivity index (χ0) is 21.5. The van der Waals surface area contributed by atoms with Crippen molar-refractivity contribution in [1.29, 1.82) is 5.26 Å². The third kappa shape index (κ3) is 4.97. The van der Waals surface area contributed by atoms with Crippen molar-refractivity contribution in [3.63, 3.8) is 0 Å². The summed E-state index contributed by atoms with van der Waals surface area (Å²) in [5.41, 5.74) is 0.339. The molecule has 0 aliphatic heterocycles. The third-order valence-corrected chi connectivity index (χ3v) is 4.54. The van der Waals surface area contributed by atoms with Crippen molar-refractivity contribution in [1.82, 2.24) is 9.88 Å². The standard InChI is InChI=1S/C22H18N4O4/c23-13-18-12-19(26(29)30)14-25(22(18)28)15-21(27)24-20(17-9-5-2-6-10-17)11-16-7-3-1-4-8-16/h1-10,12,14,20H,11,15H2,(H,24,27). The number of carbonyl (C=O) groups is 1. The average Bonchev–Trinajstić information content (AvgIpc) is 2.76. The second-order valence-electron chi connectivity index (χ2n) is 6.63. The van der Waals surface area contributed by atoms with E-state index < -0.39 is 28.6 Å². The molecule has 0 radical (unpaired) electrons. The molecule has 1 unspecified atom stereocenters. The molecule has 30 heavy (non-hydrogen) atoms. The smallest absolute Gasteiger partial charge is 0.287 e. The van der Waals surface area contributed by atoms with Gasteiger partial charge in [0.25, 0.3) is 11.2 Å². The molecule has 0 saturated heterocycles. The van der Waals surface area contributed by atoms with Gasteiger partial charge in [-0.25, -0.2) is 0 Å². The van der Waals surface area contributed by atoms with E-state index in [-0.39, 0.29) is 11.6 Å². The van der Waals surface area contributed by atoms with Gasteiger partial charge in [0.1, 0.15) is 18.2 Å². The maximum atomic E-state index is 12.7. The topological polar surface area (TPSA) is 118 Å². The molecule has 3 rings (SSSR count). The molecule has 8 heteroatoms. The number of nitriles is 1. The van der Waals surface area contributed by atoms with Gasteiger partial charge in [0, 0.05) is 6.07 Å². The van der Waals surface area contributed by atoms with Crippen LogP contribution in [0, 0.1) is 21.4 Å². The van der Waals surface area contributed by atoms with E-state index in [0.29, 0.717) is 6.42 Å². The molecule has 0 saturated carbocycles. The lowest BCUT2D eigenvalue weighted by molar-refractivity contribution is -0.385. The molecule has 1 atom stereocenters. The Morgan fingerprint density at radius 2 is 1.77 bits per heavy atom. The summed E-state index contributed by atoms with van der Waals surface area (Å²) >= 11 is 0. The van der Waals surface area contributed by atoms with E-state index in [2.05, 4.69) is 5.32 Å². The van der Waals surface area contributed by atoms with E-state index in [9.17, 15) is 19.7 Å². The van der Waals surface area contributed by atoms with Crippen molar-refractivity contribution >= 4 is 11.6 Å². The van der Waals surface area contributed by atoms with Gasteiger partial charge in [0.2, 0.25) is 5.91 Å². The van der Waals surface area contributed by atoms with E-state index in [4.69, 9.17) is 5.26 Å². The van der Waals surface area contributed by atoms with Crippen LogP contribution >= 0.6 is 0 Å². The van der Waals surface area contributed by atoms with Crippen molar-refractivity contribution < 1.29 is 9.72 Å². The van der Waals surface area contributed by atoms with Crippen LogP contribution in [0.5, 0.6) is 0 Å². The van der Waals surface area contributed by atoms with Crippen LogP contribution in [0.15, 0.2) is 77.7 Å². The van der Waals surface area contributed by atoms with Gasteiger partial charge in [-0.15, -0.1) is 0 Å². The number of benzene rings is 2. The van der Waals surface area contributed by atoms with Gasteiger partial charge in [-0.05, 0) is 17.5 Å². The van der Waals surface area contributed by atoms with Crippen molar-refractivity contribution in [3.8, 4) is 6.07 Å². The van der Waals surface area contributed by atoms with Gasteiger partial charge in [-0.1, -0.05) is 60.7 Å². The van der Waals surface area contributed by atoms with E-state index >= 15 is 0 Å². The maximum absolute atomic E-state index is 12.7. The van der Waals surface area contributed by atoms with Crippen LogP contribution in [-0.2, 0) is 17.8 Å². The number of hydrogen-bond donors (Lipinski definition) is 1. The Balaban J connectivity index is 1.85. The number of nitro groups is 1. The fourth-order valence-electron chi connectivity index (χ4n) is 3.10. The molecule has 1 amide bonds. The number of hydrogen-bond acceptors (Lipinski definition) is 5. The van der Waals surface area contributed by atoms with Crippen LogP contribution in [0.3, 0.4) is 0 Å². The van der Waals surface area contributed by atoms with Crippen LogP contribution in [0.2, 0.25) is 0 Å². The summed E-state index contributed by atoms with van der Waals surface area (Å²) < 4.78 is 0.886. The van der Waals surface area contributed by atoms with Crippen molar-refractivity contribution in [2.75, 3.05) is 0 Å². The van der Waals surface area contributed by atoms with Gasteiger partial charge in [-0.3, -0.25) is 24.3 Å². The van der Waals surface area contributed by atoms with Gasteiger partial charge in [-0.2, -0.15) is 5.26 Å². The predicted octanol–water partition coefficient (Wildman–Crippen LogP) is 2.73. The highest BCUT2D eigenvalue weighted by atomic mass is 16.6. The lowest BCUT2D eigenvalue weighted by atomic mass is 9.99. The Morgan fingerprint density at radius 1 is 1.13 bits per heavy atom. The number of amides is 1. The monoisotopic (exact) mass is 402 g/mol. The van der Waals surface area contributed by atoms with E-state index in [1.807, 2.05) is 60.7 Å². The lowest BCUT2D eigenvalue weighted by Gasteiger charge is -2.20. The molecule has 1 N–H and O–H groups in total. The fraction of sp³-hybridized carbons (Fsp3) is 0.136. The largest absolute Gasteiger partial charge is 0.347 e. The molecule has 0 aliphatic carbocycles. The molecule has 0 aliphatic rings. The normalized spacial score (nSPS) is 11.3. The van der Waals surface area contributed by atoms with Crippen LogP contribution in [0.1, 0.15) is 22.7 Å². The van der Waals surface area contributed by atoms with Crippen molar-refractivity contribution in [2.45, 2.75) is 19.0 Å². The van der Waals surface area contributed by atoms with E-state index in [1.165, 1.54) is 0 Å². The van der Waals surface area contributed by atoms with Gasteiger partial charge in [0.05, 0.1) is 17.2 Å². The number of rotatable bonds is 7. The summed E-state index contributed by atoms with van der Waals surface area (Å²) in [5, 5.41) is 23.0. The zero-order valence-electron chi connectivity index (χ0n) is 15.9. The predicted molar refractivity (Wildman–Crippen MR) is 110 cm³/mol. The highest BCUT2D eigenvalue weighted by Crippen LogP contribution is 2.18. The SMILES string of the molecule is N#Cc1cc([N+](=O)[O-])cn(CC(=O)NC(Cc2ccccc2)c2ccccc2)c1=O. The highest BCUT2D eigenvalue weighted by molar-refractivity contribution is 5.76. The molecule has 1 aromatic heterocycles. The third-order valence-electron chi connectivity index (χ3n) is 4.54. The molecular weight excluding hydrogens is 384 g/mol. The molecular formula is C22H18N4O4. The molecule has 1 heterocycles. The molecule has 2 aromatic carbocycles. The van der Waals surface area contributed by atoms with Crippen LogP contribution in [0.4, 0.5) is 5.69 Å². The summed E-state index contributed by atoms with van der Waals surface area (Å²) in [6.45, 7) is -0.437. The van der Waals surface area contributed by atoms with E-state index in [0.717, 1.165) is 28.0 Å². The number of nitrogens with zero attached hydrogens (tertiary/aromatic N) is 3. The maximum Gasteiger partial charge on any atom is 0.287 e. The van der Waals surface area contributed by atoms with Crippen molar-refractivity contribution in [3.05, 3.63) is 110 Å².